The normalized spacial score (nSPS) is 10.6. The van der Waals surface area contributed by atoms with Gasteiger partial charge in [-0.25, -0.2) is 9.67 Å². The molecule has 0 bridgehead atoms. The minimum Gasteiger partial charge on any atom is -0.319 e. The lowest BCUT2D eigenvalue weighted by molar-refractivity contribution is -0.111. The molecule has 2 aromatic heterocycles. The Balaban J connectivity index is 2.32. The Morgan fingerprint density at radius 2 is 2.29 bits per heavy atom. The lowest BCUT2D eigenvalue weighted by Gasteiger charge is -2.08. The second kappa shape index (κ2) is 5.07. The molecule has 0 spiro atoms. The van der Waals surface area contributed by atoms with Gasteiger partial charge in [-0.2, -0.15) is 5.10 Å². The number of aromatic nitrogens is 3. The van der Waals surface area contributed by atoms with Crippen molar-refractivity contribution in [3.63, 3.8) is 0 Å². The van der Waals surface area contributed by atoms with Gasteiger partial charge in [-0.05, 0) is 31.2 Å². The highest BCUT2D eigenvalue weighted by molar-refractivity contribution is 6.00. The molecule has 86 valence electrons. The quantitative estimate of drug-likeness (QED) is 0.814. The first-order valence-electron chi connectivity index (χ1n) is 5.20. The number of anilines is 1. The number of carbonyl (C=O) groups excluding carboxylic acids is 1. The highest BCUT2D eigenvalue weighted by Crippen LogP contribution is 2.15. The van der Waals surface area contributed by atoms with E-state index in [1.165, 1.54) is 6.08 Å². The van der Waals surface area contributed by atoms with Crippen molar-refractivity contribution in [1.29, 1.82) is 0 Å². The molecule has 0 aliphatic heterocycles. The fourth-order valence-corrected chi connectivity index (χ4v) is 1.40. The van der Waals surface area contributed by atoms with Gasteiger partial charge in [-0.3, -0.25) is 4.79 Å². The summed E-state index contributed by atoms with van der Waals surface area (Å²) in [6.07, 6.45) is 8.22. The smallest absolute Gasteiger partial charge is 0.248 e. The van der Waals surface area contributed by atoms with Crippen LogP contribution in [-0.2, 0) is 4.79 Å². The number of hydrogen-bond acceptors (Lipinski definition) is 3. The van der Waals surface area contributed by atoms with Gasteiger partial charge in [-0.1, -0.05) is 6.08 Å². The molecule has 0 aliphatic carbocycles. The van der Waals surface area contributed by atoms with Crippen LogP contribution in [0, 0.1) is 0 Å². The molecule has 1 amide bonds. The zero-order valence-corrected chi connectivity index (χ0v) is 9.37. The molecule has 0 aromatic carbocycles. The van der Waals surface area contributed by atoms with Gasteiger partial charge in [0.25, 0.3) is 0 Å². The van der Waals surface area contributed by atoms with E-state index in [4.69, 9.17) is 0 Å². The lowest BCUT2D eigenvalue weighted by atomic mass is 10.3. The van der Waals surface area contributed by atoms with Gasteiger partial charge in [0, 0.05) is 18.6 Å². The zero-order chi connectivity index (χ0) is 12.1. The van der Waals surface area contributed by atoms with E-state index in [0.717, 1.165) is 0 Å². The van der Waals surface area contributed by atoms with Gasteiger partial charge in [0.15, 0.2) is 5.82 Å². The molecule has 2 rings (SSSR count). The number of nitrogens with zero attached hydrogens (tertiary/aromatic N) is 3. The molecule has 0 aliphatic rings. The zero-order valence-electron chi connectivity index (χ0n) is 9.37. The Morgan fingerprint density at radius 1 is 1.41 bits per heavy atom. The Hall–Kier alpha value is -2.43. The predicted molar refractivity (Wildman–Crippen MR) is 64.8 cm³/mol. The molecule has 2 aromatic rings. The third-order valence-electron chi connectivity index (χ3n) is 2.08. The van der Waals surface area contributed by atoms with E-state index in [-0.39, 0.29) is 5.91 Å². The summed E-state index contributed by atoms with van der Waals surface area (Å²) in [7, 11) is 0. The summed E-state index contributed by atoms with van der Waals surface area (Å²) in [5, 5.41) is 6.84. The lowest BCUT2D eigenvalue weighted by Crippen LogP contribution is -2.11. The van der Waals surface area contributed by atoms with Crippen molar-refractivity contribution in [3.8, 4) is 5.82 Å². The third-order valence-corrected chi connectivity index (χ3v) is 2.08. The van der Waals surface area contributed by atoms with Crippen molar-refractivity contribution in [2.24, 2.45) is 0 Å². The summed E-state index contributed by atoms with van der Waals surface area (Å²) in [6, 6.07) is 5.34. The fraction of sp³-hybridized carbons (Fsp3) is 0.0833. The molecule has 17 heavy (non-hydrogen) atoms. The van der Waals surface area contributed by atoms with E-state index in [9.17, 15) is 4.79 Å². The van der Waals surface area contributed by atoms with Crippen LogP contribution in [0.25, 0.3) is 5.82 Å². The van der Waals surface area contributed by atoms with Crippen molar-refractivity contribution < 1.29 is 4.79 Å². The molecule has 0 unspecified atom stereocenters. The van der Waals surface area contributed by atoms with E-state index >= 15 is 0 Å². The third kappa shape index (κ3) is 2.57. The molecule has 0 saturated carbocycles. The molecular weight excluding hydrogens is 216 g/mol. The van der Waals surface area contributed by atoms with E-state index in [1.807, 2.05) is 0 Å². The molecule has 0 fully saturated rings. The molecule has 0 saturated heterocycles. The van der Waals surface area contributed by atoms with Crippen LogP contribution >= 0.6 is 0 Å². The summed E-state index contributed by atoms with van der Waals surface area (Å²) in [4.78, 5) is 15.7. The first kappa shape index (κ1) is 11.1. The summed E-state index contributed by atoms with van der Waals surface area (Å²) >= 11 is 0. The van der Waals surface area contributed by atoms with Crippen LogP contribution in [0.5, 0.6) is 0 Å². The number of pyridine rings is 1. The number of carbonyl (C=O) groups is 1. The first-order chi connectivity index (χ1) is 8.31. The predicted octanol–water partition coefficient (Wildman–Crippen LogP) is 1.78. The Bertz CT molecular complexity index is 531. The minimum atomic E-state index is -0.186. The van der Waals surface area contributed by atoms with Gasteiger partial charge in [0.1, 0.15) is 0 Å². The molecular formula is C12H12N4O. The van der Waals surface area contributed by atoms with Crippen LogP contribution in [0.2, 0.25) is 0 Å². The minimum absolute atomic E-state index is 0.186. The van der Waals surface area contributed by atoms with Crippen molar-refractivity contribution in [2.45, 2.75) is 6.92 Å². The standard InChI is InChI=1S/C12H12N4O/c1-2-5-11(17)15-10-6-3-7-13-12(10)16-9-4-8-14-16/h2-9H,1H3,(H,15,17). The van der Waals surface area contributed by atoms with Gasteiger partial charge >= 0.3 is 0 Å². The van der Waals surface area contributed by atoms with E-state index in [2.05, 4.69) is 15.4 Å². The molecule has 2 heterocycles. The Labute approximate surface area is 98.8 Å². The van der Waals surface area contributed by atoms with E-state index in [0.29, 0.717) is 11.5 Å². The highest BCUT2D eigenvalue weighted by atomic mass is 16.1. The Kier molecular flexibility index (Phi) is 3.30. The second-order valence-electron chi connectivity index (χ2n) is 3.31. The number of hydrogen-bond donors (Lipinski definition) is 1. The van der Waals surface area contributed by atoms with Crippen molar-refractivity contribution >= 4 is 11.6 Å². The molecule has 0 atom stereocenters. The fourth-order valence-electron chi connectivity index (χ4n) is 1.40. The summed E-state index contributed by atoms with van der Waals surface area (Å²) < 4.78 is 1.60. The first-order valence-corrected chi connectivity index (χ1v) is 5.20. The van der Waals surface area contributed by atoms with Crippen LogP contribution in [0.3, 0.4) is 0 Å². The molecule has 1 N–H and O–H groups in total. The average molecular weight is 228 g/mol. The van der Waals surface area contributed by atoms with E-state index < -0.39 is 0 Å². The topological polar surface area (TPSA) is 59.8 Å². The van der Waals surface area contributed by atoms with Crippen molar-refractivity contribution in [3.05, 3.63) is 48.9 Å². The van der Waals surface area contributed by atoms with Crippen LogP contribution in [0.4, 0.5) is 5.69 Å². The monoisotopic (exact) mass is 228 g/mol. The van der Waals surface area contributed by atoms with E-state index in [1.54, 1.807) is 54.5 Å². The van der Waals surface area contributed by atoms with Crippen molar-refractivity contribution in [2.75, 3.05) is 5.32 Å². The maximum atomic E-state index is 11.5. The van der Waals surface area contributed by atoms with Gasteiger partial charge in [-0.15, -0.1) is 0 Å². The number of nitrogens with one attached hydrogen (secondary N) is 1. The average Bonchev–Trinajstić information content (AvgIpc) is 2.83. The number of allylic oxidation sites excluding steroid dienone is 1. The van der Waals surface area contributed by atoms with Gasteiger partial charge < -0.3 is 5.32 Å². The SMILES string of the molecule is CC=CC(=O)Nc1cccnc1-n1cccn1. The number of amides is 1. The second-order valence-corrected chi connectivity index (χ2v) is 3.31. The summed E-state index contributed by atoms with van der Waals surface area (Å²) in [5.74, 6) is 0.407. The van der Waals surface area contributed by atoms with Crippen LogP contribution in [0.1, 0.15) is 6.92 Å². The summed E-state index contributed by atoms with van der Waals surface area (Å²) in [6.45, 7) is 1.79. The van der Waals surface area contributed by atoms with Crippen molar-refractivity contribution in [1.82, 2.24) is 14.8 Å². The highest BCUT2D eigenvalue weighted by Gasteiger charge is 2.07. The number of rotatable bonds is 3. The van der Waals surface area contributed by atoms with Crippen LogP contribution < -0.4 is 5.32 Å². The van der Waals surface area contributed by atoms with Crippen LogP contribution in [-0.4, -0.2) is 20.7 Å². The maximum absolute atomic E-state index is 11.5. The van der Waals surface area contributed by atoms with Crippen LogP contribution in [0.15, 0.2) is 48.9 Å². The molecule has 0 radical (unpaired) electrons. The summed E-state index contributed by atoms with van der Waals surface area (Å²) in [5.41, 5.74) is 0.624. The van der Waals surface area contributed by atoms with Gasteiger partial charge in [0.05, 0.1) is 5.69 Å². The Morgan fingerprint density at radius 3 is 3.00 bits per heavy atom. The van der Waals surface area contributed by atoms with Gasteiger partial charge in [0.2, 0.25) is 5.91 Å². The molecule has 5 nitrogen and oxygen atoms in total. The maximum Gasteiger partial charge on any atom is 0.248 e. The molecule has 5 heteroatoms. The largest absolute Gasteiger partial charge is 0.319 e.